The van der Waals surface area contributed by atoms with E-state index in [1.54, 1.807) is 0 Å². The molecule has 0 spiro atoms. The number of thioether (sulfide) groups is 1. The van der Waals surface area contributed by atoms with Gasteiger partial charge in [0.1, 0.15) is 6.61 Å². The maximum absolute atomic E-state index is 12.1. The van der Waals surface area contributed by atoms with E-state index >= 15 is 0 Å². The molecule has 2 aliphatic rings. The first-order valence-corrected chi connectivity index (χ1v) is 10.1. The van der Waals surface area contributed by atoms with Gasteiger partial charge in [-0.2, -0.15) is 0 Å². The maximum atomic E-state index is 12.1. The van der Waals surface area contributed by atoms with Crippen LogP contribution in [-0.2, 0) is 4.74 Å². The van der Waals surface area contributed by atoms with Crippen molar-refractivity contribution >= 4 is 18.5 Å². The summed E-state index contributed by atoms with van der Waals surface area (Å²) >= 11 is 1.50. The van der Waals surface area contributed by atoms with Crippen LogP contribution >= 0.6 is 11.8 Å². The van der Waals surface area contributed by atoms with Crippen LogP contribution in [0.15, 0.2) is 15.6 Å². The normalized spacial score (nSPS) is 21.3. The fourth-order valence-corrected chi connectivity index (χ4v) is 4.45. The molecule has 0 atom stereocenters. The van der Waals surface area contributed by atoms with Crippen molar-refractivity contribution < 1.29 is 13.5 Å². The van der Waals surface area contributed by atoms with Gasteiger partial charge in [-0.15, -0.1) is 11.8 Å². The molecule has 0 bridgehead atoms. The van der Waals surface area contributed by atoms with E-state index in [0.29, 0.717) is 0 Å². The van der Waals surface area contributed by atoms with Gasteiger partial charge in [0.2, 0.25) is 0 Å². The van der Waals surface area contributed by atoms with Crippen LogP contribution in [0.1, 0.15) is 51.4 Å². The molecule has 1 aliphatic carbocycles. The number of aliphatic imine (C=N–C) groups is 1. The molecular formula is C18H30F2N2OS. The Bertz CT molecular complexity index is 412. The molecule has 3 nitrogen and oxygen atoms in total. The molecule has 1 fully saturated rings. The SMILES string of the molecule is C=NC1=C(SCOCC(F)F)CCN(CCC2CCCCC2)CC1. The number of rotatable bonds is 9. The van der Waals surface area contributed by atoms with Gasteiger partial charge in [0.15, 0.2) is 0 Å². The van der Waals surface area contributed by atoms with Crippen molar-refractivity contribution in [2.24, 2.45) is 10.9 Å². The highest BCUT2D eigenvalue weighted by Gasteiger charge is 2.19. The standard InChI is InChI=1S/C18H30F2N2OS/c1-21-16-8-11-22(10-7-15-5-3-2-4-6-15)12-9-17(16)24-14-23-13-18(19)20/h15,18H,1-14H2. The Labute approximate surface area is 148 Å². The smallest absolute Gasteiger partial charge is 0.261 e. The minimum atomic E-state index is -2.40. The van der Waals surface area contributed by atoms with Crippen LogP contribution in [0.4, 0.5) is 8.78 Å². The van der Waals surface area contributed by atoms with E-state index in [9.17, 15) is 8.78 Å². The Kier molecular flexibility index (Phi) is 9.28. The van der Waals surface area contributed by atoms with Crippen molar-refractivity contribution in [3.63, 3.8) is 0 Å². The van der Waals surface area contributed by atoms with Gasteiger partial charge in [0.05, 0.1) is 11.6 Å². The Morgan fingerprint density at radius 3 is 2.67 bits per heavy atom. The largest absolute Gasteiger partial charge is 0.365 e. The third-order valence-electron chi connectivity index (χ3n) is 4.97. The van der Waals surface area contributed by atoms with Gasteiger partial charge in [-0.25, -0.2) is 8.78 Å². The van der Waals surface area contributed by atoms with E-state index < -0.39 is 13.0 Å². The highest BCUT2D eigenvalue weighted by Crippen LogP contribution is 2.30. The summed E-state index contributed by atoms with van der Waals surface area (Å²) in [6.45, 7) is 6.38. The van der Waals surface area contributed by atoms with Gasteiger partial charge in [-0.05, 0) is 32.0 Å². The fraction of sp³-hybridized carbons (Fsp3) is 0.833. The molecular weight excluding hydrogens is 330 g/mol. The van der Waals surface area contributed by atoms with Gasteiger partial charge in [0.25, 0.3) is 6.43 Å². The van der Waals surface area contributed by atoms with E-state index in [1.807, 2.05) is 0 Å². The summed E-state index contributed by atoms with van der Waals surface area (Å²) in [5, 5.41) is 0. The quantitative estimate of drug-likeness (QED) is 0.331. The van der Waals surface area contributed by atoms with E-state index in [4.69, 9.17) is 4.74 Å². The second kappa shape index (κ2) is 11.2. The highest BCUT2D eigenvalue weighted by molar-refractivity contribution is 8.02. The topological polar surface area (TPSA) is 24.8 Å². The third-order valence-corrected chi connectivity index (χ3v) is 6.04. The zero-order valence-electron chi connectivity index (χ0n) is 14.5. The van der Waals surface area contributed by atoms with E-state index in [-0.39, 0.29) is 5.94 Å². The molecule has 1 heterocycles. The number of hydrogen-bond donors (Lipinski definition) is 0. The Morgan fingerprint density at radius 2 is 1.96 bits per heavy atom. The molecule has 0 N–H and O–H groups in total. The van der Waals surface area contributed by atoms with E-state index in [0.717, 1.165) is 49.0 Å². The molecule has 0 amide bonds. The second-order valence-corrected chi connectivity index (χ2v) is 7.70. The summed E-state index contributed by atoms with van der Waals surface area (Å²) in [5.41, 5.74) is 1.01. The first-order chi connectivity index (χ1) is 11.7. The number of hydrogen-bond acceptors (Lipinski definition) is 4. The van der Waals surface area contributed by atoms with Crippen LogP contribution in [0.2, 0.25) is 0 Å². The highest BCUT2D eigenvalue weighted by atomic mass is 32.2. The summed E-state index contributed by atoms with van der Waals surface area (Å²) in [4.78, 5) is 7.84. The van der Waals surface area contributed by atoms with Crippen molar-refractivity contribution in [3.8, 4) is 0 Å². The molecule has 0 aromatic rings. The molecule has 6 heteroatoms. The third kappa shape index (κ3) is 7.19. The van der Waals surface area contributed by atoms with Crippen LogP contribution in [0, 0.1) is 5.92 Å². The predicted molar refractivity (Wildman–Crippen MR) is 97.9 cm³/mol. The minimum absolute atomic E-state index is 0.265. The van der Waals surface area contributed by atoms with Crippen molar-refractivity contribution in [3.05, 3.63) is 10.6 Å². The van der Waals surface area contributed by atoms with Crippen molar-refractivity contribution in [2.75, 3.05) is 32.2 Å². The molecule has 24 heavy (non-hydrogen) atoms. The number of ether oxygens (including phenoxy) is 1. The van der Waals surface area contributed by atoms with Crippen LogP contribution in [0.5, 0.6) is 0 Å². The lowest BCUT2D eigenvalue weighted by molar-refractivity contribution is 0.0366. The second-order valence-electron chi connectivity index (χ2n) is 6.69. The average molecular weight is 361 g/mol. The maximum Gasteiger partial charge on any atom is 0.261 e. The molecule has 1 saturated carbocycles. The van der Waals surface area contributed by atoms with Gasteiger partial charge >= 0.3 is 0 Å². The molecule has 138 valence electrons. The van der Waals surface area contributed by atoms with Crippen molar-refractivity contribution in [1.29, 1.82) is 0 Å². The summed E-state index contributed by atoms with van der Waals surface area (Å²) in [5.74, 6) is 1.17. The first kappa shape index (κ1) is 19.9. The van der Waals surface area contributed by atoms with Gasteiger partial charge < -0.3 is 9.64 Å². The van der Waals surface area contributed by atoms with Crippen LogP contribution in [-0.4, -0.2) is 50.2 Å². The lowest BCUT2D eigenvalue weighted by atomic mass is 9.87. The Balaban J connectivity index is 1.73. The number of halogens is 2. The van der Waals surface area contributed by atoms with E-state index in [2.05, 4.69) is 16.6 Å². The minimum Gasteiger partial charge on any atom is -0.365 e. The predicted octanol–water partition coefficient (Wildman–Crippen LogP) is 4.94. The number of alkyl halides is 2. The fourth-order valence-electron chi connectivity index (χ4n) is 3.56. The lowest BCUT2D eigenvalue weighted by Crippen LogP contribution is -2.28. The summed E-state index contributed by atoms with van der Waals surface area (Å²) in [6, 6.07) is 0. The van der Waals surface area contributed by atoms with Crippen LogP contribution < -0.4 is 0 Å². The van der Waals surface area contributed by atoms with Crippen LogP contribution in [0.3, 0.4) is 0 Å². The van der Waals surface area contributed by atoms with E-state index in [1.165, 1.54) is 50.3 Å². The Morgan fingerprint density at radius 1 is 1.21 bits per heavy atom. The average Bonchev–Trinajstić information content (AvgIpc) is 2.79. The monoisotopic (exact) mass is 360 g/mol. The molecule has 2 rings (SSSR count). The molecule has 0 aromatic carbocycles. The summed E-state index contributed by atoms with van der Waals surface area (Å²) in [6.07, 6.45) is 7.71. The zero-order valence-corrected chi connectivity index (χ0v) is 15.3. The molecule has 0 unspecified atom stereocenters. The first-order valence-electron chi connectivity index (χ1n) is 9.09. The summed E-state index contributed by atoms with van der Waals surface area (Å²) < 4.78 is 29.2. The van der Waals surface area contributed by atoms with Crippen LogP contribution in [0.25, 0.3) is 0 Å². The van der Waals surface area contributed by atoms with Gasteiger partial charge in [-0.3, -0.25) is 4.99 Å². The Hall–Kier alpha value is -0.460. The lowest BCUT2D eigenvalue weighted by Gasteiger charge is -2.26. The molecule has 0 aromatic heterocycles. The van der Waals surface area contributed by atoms with Gasteiger partial charge in [0, 0.05) is 24.4 Å². The van der Waals surface area contributed by atoms with Crippen molar-refractivity contribution in [1.82, 2.24) is 4.90 Å². The molecule has 1 aliphatic heterocycles. The molecule has 0 saturated heterocycles. The molecule has 0 radical (unpaired) electrons. The van der Waals surface area contributed by atoms with Gasteiger partial charge in [-0.1, -0.05) is 32.1 Å². The number of nitrogens with zero attached hydrogens (tertiary/aromatic N) is 2. The zero-order chi connectivity index (χ0) is 17.2. The summed E-state index contributed by atoms with van der Waals surface area (Å²) in [7, 11) is 0. The van der Waals surface area contributed by atoms with Crippen molar-refractivity contribution in [2.45, 2.75) is 57.8 Å².